The Bertz CT molecular complexity index is 442. The van der Waals surface area contributed by atoms with Crippen LogP contribution in [0.5, 0.6) is 5.75 Å². The molecule has 0 fully saturated rings. The van der Waals surface area contributed by atoms with Gasteiger partial charge in [0.25, 0.3) is 0 Å². The van der Waals surface area contributed by atoms with Crippen LogP contribution in [0.15, 0.2) is 18.2 Å². The zero-order chi connectivity index (χ0) is 15.0. The maximum Gasteiger partial charge on any atom is 0.322 e. The second-order valence-corrected chi connectivity index (χ2v) is 5.26. The summed E-state index contributed by atoms with van der Waals surface area (Å²) in [6.45, 7) is 2.08. The second kappa shape index (κ2) is 8.81. The summed E-state index contributed by atoms with van der Waals surface area (Å²) in [5.41, 5.74) is 6.48. The van der Waals surface area contributed by atoms with Gasteiger partial charge in [0.05, 0.1) is 13.7 Å². The summed E-state index contributed by atoms with van der Waals surface area (Å²) in [7, 11) is 1.55. The van der Waals surface area contributed by atoms with Gasteiger partial charge < -0.3 is 15.2 Å². The Kier molecular flexibility index (Phi) is 7.40. The first kappa shape index (κ1) is 16.8. The third-order valence-corrected chi connectivity index (χ3v) is 3.70. The first-order valence-electron chi connectivity index (χ1n) is 6.40. The molecule has 4 nitrogen and oxygen atoms in total. The highest BCUT2D eigenvalue weighted by Gasteiger charge is 2.14. The molecule has 0 aromatic heterocycles. The molecule has 0 heterocycles. The van der Waals surface area contributed by atoms with Crippen molar-refractivity contribution in [3.8, 4) is 5.75 Å². The lowest BCUT2D eigenvalue weighted by atomic mass is 10.2. The number of benzene rings is 1. The monoisotopic (exact) mass is 301 g/mol. The normalized spacial score (nSPS) is 12.0. The Morgan fingerprint density at radius 2 is 2.25 bits per heavy atom. The maximum atomic E-state index is 13.2. The Balaban J connectivity index is 2.37. The number of carbonyl (C=O) groups excluding carboxylic acids is 1. The average molecular weight is 301 g/mol. The Labute approximate surface area is 122 Å². The van der Waals surface area contributed by atoms with Crippen molar-refractivity contribution in [2.24, 2.45) is 5.73 Å². The molecule has 0 saturated heterocycles. The summed E-state index contributed by atoms with van der Waals surface area (Å²) < 4.78 is 23.2. The van der Waals surface area contributed by atoms with E-state index in [0.717, 1.165) is 5.56 Å². The van der Waals surface area contributed by atoms with Crippen LogP contribution in [0.4, 0.5) is 4.39 Å². The number of methoxy groups -OCH3 is 1. The number of carbonyl (C=O) groups is 1. The van der Waals surface area contributed by atoms with Crippen molar-refractivity contribution in [1.82, 2.24) is 0 Å². The minimum absolute atomic E-state index is 0.287. The van der Waals surface area contributed by atoms with Crippen molar-refractivity contribution < 1.29 is 18.7 Å². The van der Waals surface area contributed by atoms with Gasteiger partial charge in [0.2, 0.25) is 0 Å². The summed E-state index contributed by atoms with van der Waals surface area (Å²) in [4.78, 5) is 11.3. The molecule has 1 unspecified atom stereocenters. The van der Waals surface area contributed by atoms with Crippen LogP contribution >= 0.6 is 11.8 Å². The smallest absolute Gasteiger partial charge is 0.322 e. The summed E-state index contributed by atoms with van der Waals surface area (Å²) >= 11 is 1.57. The van der Waals surface area contributed by atoms with Gasteiger partial charge in [0.1, 0.15) is 17.6 Å². The van der Waals surface area contributed by atoms with Gasteiger partial charge in [-0.1, -0.05) is 0 Å². The van der Waals surface area contributed by atoms with Crippen LogP contribution in [0.25, 0.3) is 0 Å². The molecule has 6 heteroatoms. The van der Waals surface area contributed by atoms with Crippen LogP contribution in [0, 0.1) is 5.82 Å². The molecule has 0 amide bonds. The van der Waals surface area contributed by atoms with E-state index in [9.17, 15) is 9.18 Å². The Hall–Kier alpha value is -1.27. The average Bonchev–Trinajstić information content (AvgIpc) is 2.43. The van der Waals surface area contributed by atoms with Crippen LogP contribution in [0.3, 0.4) is 0 Å². The van der Waals surface area contributed by atoms with E-state index in [0.29, 0.717) is 30.3 Å². The lowest BCUT2D eigenvalue weighted by Gasteiger charge is -2.11. The standard InChI is InChI=1S/C14H20FNO3S/c1-3-19-14(17)12(16)6-7-20-9-10-8-11(15)4-5-13(10)18-2/h4-5,8,12H,3,6-7,9,16H2,1-2H3. The Morgan fingerprint density at radius 3 is 2.90 bits per heavy atom. The molecule has 0 saturated carbocycles. The lowest BCUT2D eigenvalue weighted by Crippen LogP contribution is -2.32. The van der Waals surface area contributed by atoms with E-state index in [-0.39, 0.29) is 11.8 Å². The predicted octanol–water partition coefficient (Wildman–Crippen LogP) is 2.35. The number of hydrogen-bond acceptors (Lipinski definition) is 5. The van der Waals surface area contributed by atoms with Crippen molar-refractivity contribution in [3.63, 3.8) is 0 Å². The van der Waals surface area contributed by atoms with Gasteiger partial charge in [0.15, 0.2) is 0 Å². The maximum absolute atomic E-state index is 13.2. The molecule has 0 spiro atoms. The van der Waals surface area contributed by atoms with Gasteiger partial charge in [-0.2, -0.15) is 11.8 Å². The summed E-state index contributed by atoms with van der Waals surface area (Å²) in [5.74, 6) is 1.30. The molecule has 1 rings (SSSR count). The fourth-order valence-electron chi connectivity index (χ4n) is 1.62. The quantitative estimate of drug-likeness (QED) is 0.590. The minimum Gasteiger partial charge on any atom is -0.496 e. The molecule has 112 valence electrons. The lowest BCUT2D eigenvalue weighted by molar-refractivity contribution is -0.144. The zero-order valence-electron chi connectivity index (χ0n) is 11.7. The highest BCUT2D eigenvalue weighted by molar-refractivity contribution is 7.98. The molecule has 2 N–H and O–H groups in total. The molecular weight excluding hydrogens is 281 g/mol. The zero-order valence-corrected chi connectivity index (χ0v) is 12.5. The van der Waals surface area contributed by atoms with E-state index in [1.54, 1.807) is 31.9 Å². The van der Waals surface area contributed by atoms with Crippen LogP contribution in [0.2, 0.25) is 0 Å². The number of hydrogen-bond donors (Lipinski definition) is 1. The van der Waals surface area contributed by atoms with E-state index < -0.39 is 6.04 Å². The highest BCUT2D eigenvalue weighted by Crippen LogP contribution is 2.24. The summed E-state index contributed by atoms with van der Waals surface area (Å²) in [6, 6.07) is 3.83. The number of nitrogens with two attached hydrogens (primary N) is 1. The molecule has 0 aliphatic carbocycles. The van der Waals surface area contributed by atoms with Crippen molar-refractivity contribution in [3.05, 3.63) is 29.6 Å². The molecule has 0 bridgehead atoms. The summed E-state index contributed by atoms with van der Waals surface area (Å²) in [5, 5.41) is 0. The third kappa shape index (κ3) is 5.38. The molecular formula is C14H20FNO3S. The van der Waals surface area contributed by atoms with Gasteiger partial charge in [-0.25, -0.2) is 4.39 Å². The first-order chi connectivity index (χ1) is 9.58. The molecule has 1 aromatic rings. The van der Waals surface area contributed by atoms with E-state index in [1.807, 2.05) is 0 Å². The van der Waals surface area contributed by atoms with E-state index >= 15 is 0 Å². The van der Waals surface area contributed by atoms with Crippen LogP contribution in [0.1, 0.15) is 18.9 Å². The number of thioether (sulfide) groups is 1. The largest absolute Gasteiger partial charge is 0.496 e. The van der Waals surface area contributed by atoms with Crippen LogP contribution < -0.4 is 10.5 Å². The van der Waals surface area contributed by atoms with Crippen molar-refractivity contribution >= 4 is 17.7 Å². The molecule has 20 heavy (non-hydrogen) atoms. The van der Waals surface area contributed by atoms with Crippen molar-refractivity contribution in [2.45, 2.75) is 25.1 Å². The van der Waals surface area contributed by atoms with Gasteiger partial charge in [-0.3, -0.25) is 4.79 Å². The predicted molar refractivity (Wildman–Crippen MR) is 78.3 cm³/mol. The van der Waals surface area contributed by atoms with Crippen LogP contribution in [-0.4, -0.2) is 31.5 Å². The fourth-order valence-corrected chi connectivity index (χ4v) is 2.63. The van der Waals surface area contributed by atoms with Gasteiger partial charge >= 0.3 is 5.97 Å². The third-order valence-electron chi connectivity index (χ3n) is 2.66. The molecule has 1 atom stereocenters. The van der Waals surface area contributed by atoms with Gasteiger partial charge in [-0.05, 0) is 37.3 Å². The highest BCUT2D eigenvalue weighted by atomic mass is 32.2. The minimum atomic E-state index is -0.600. The van der Waals surface area contributed by atoms with Crippen LogP contribution in [-0.2, 0) is 15.3 Å². The van der Waals surface area contributed by atoms with Crippen molar-refractivity contribution in [1.29, 1.82) is 0 Å². The Morgan fingerprint density at radius 1 is 1.50 bits per heavy atom. The molecule has 0 radical (unpaired) electrons. The number of esters is 1. The topological polar surface area (TPSA) is 61.5 Å². The second-order valence-electron chi connectivity index (χ2n) is 4.16. The summed E-state index contributed by atoms with van der Waals surface area (Å²) in [6.07, 6.45) is 0.529. The first-order valence-corrected chi connectivity index (χ1v) is 7.56. The van der Waals surface area contributed by atoms with Crippen molar-refractivity contribution in [2.75, 3.05) is 19.5 Å². The molecule has 0 aliphatic rings. The number of halogens is 1. The van der Waals surface area contributed by atoms with E-state index in [1.165, 1.54) is 12.1 Å². The van der Waals surface area contributed by atoms with E-state index in [4.69, 9.17) is 15.2 Å². The number of ether oxygens (including phenoxy) is 2. The molecule has 1 aromatic carbocycles. The molecule has 0 aliphatic heterocycles. The fraction of sp³-hybridized carbons (Fsp3) is 0.500. The van der Waals surface area contributed by atoms with Gasteiger partial charge in [-0.15, -0.1) is 0 Å². The van der Waals surface area contributed by atoms with Gasteiger partial charge in [0, 0.05) is 11.3 Å². The number of rotatable bonds is 8. The van der Waals surface area contributed by atoms with E-state index in [2.05, 4.69) is 0 Å². The SMILES string of the molecule is CCOC(=O)C(N)CCSCc1cc(F)ccc1OC.